The molecule has 2 aromatic carbocycles. The van der Waals surface area contributed by atoms with Crippen LogP contribution in [-0.2, 0) is 14.3 Å². The molecule has 2 heterocycles. The highest BCUT2D eigenvalue weighted by atomic mass is 79.9. The summed E-state index contributed by atoms with van der Waals surface area (Å²) in [6.07, 6.45) is 1.85. The van der Waals surface area contributed by atoms with Crippen molar-refractivity contribution in [3.05, 3.63) is 89.0 Å². The van der Waals surface area contributed by atoms with Crippen molar-refractivity contribution >= 4 is 39.3 Å². The molecule has 0 saturated heterocycles. The lowest BCUT2D eigenvalue weighted by Gasteiger charge is -2.26. The van der Waals surface area contributed by atoms with Crippen LogP contribution < -0.4 is 24.4 Å². The Morgan fingerprint density at radius 1 is 1.16 bits per heavy atom. The van der Waals surface area contributed by atoms with Gasteiger partial charge in [0.1, 0.15) is 24.1 Å². The summed E-state index contributed by atoms with van der Waals surface area (Å²) in [4.78, 5) is 32.2. The first-order valence-corrected chi connectivity index (χ1v) is 13.6. The lowest BCUT2D eigenvalue weighted by Crippen LogP contribution is -2.40. The lowest BCUT2D eigenvalue weighted by molar-refractivity contribution is -0.140. The number of hydrogen-bond donors (Lipinski definition) is 0. The van der Waals surface area contributed by atoms with Crippen LogP contribution in [0.2, 0.25) is 0 Å². The molecular weight excluding hydrogens is 572 g/mol. The molecule has 1 atom stereocenters. The lowest BCUT2D eigenvalue weighted by atomic mass is 9.95. The molecule has 0 bridgehead atoms. The molecule has 200 valence electrons. The molecule has 0 spiro atoms. The Bertz CT molecular complexity index is 1560. The monoisotopic (exact) mass is 600 g/mol. The molecule has 0 N–H and O–H groups in total. The van der Waals surface area contributed by atoms with Crippen molar-refractivity contribution in [3.8, 4) is 11.5 Å². The standard InChI is InChI=1S/C28H29BrN2O6S/c1-16(2)37-22-11-10-18(14-20(22)29)15-23-26(32)31-25(19-8-6-7-9-21(19)35-5)24(17(3)30-28(31)38-23)27(33)36-13-12-34-4/h6-11,14-16,25H,12-13H2,1-5H3. The van der Waals surface area contributed by atoms with Gasteiger partial charge in [0.25, 0.3) is 5.56 Å². The van der Waals surface area contributed by atoms with Gasteiger partial charge >= 0.3 is 5.97 Å². The van der Waals surface area contributed by atoms with E-state index in [1.165, 1.54) is 18.4 Å². The molecule has 3 aromatic rings. The van der Waals surface area contributed by atoms with E-state index < -0.39 is 12.0 Å². The number of fused-ring (bicyclic) bond motifs is 1. The van der Waals surface area contributed by atoms with Crippen molar-refractivity contribution in [2.75, 3.05) is 27.4 Å². The average molecular weight is 602 g/mol. The number of aromatic nitrogens is 1. The summed E-state index contributed by atoms with van der Waals surface area (Å²) in [5.41, 5.74) is 1.98. The van der Waals surface area contributed by atoms with Crippen LogP contribution in [0.15, 0.2) is 68.0 Å². The van der Waals surface area contributed by atoms with Crippen molar-refractivity contribution in [1.29, 1.82) is 0 Å². The fraction of sp³-hybridized carbons (Fsp3) is 0.321. The summed E-state index contributed by atoms with van der Waals surface area (Å²) >= 11 is 4.82. The third kappa shape index (κ3) is 5.77. The van der Waals surface area contributed by atoms with Gasteiger partial charge < -0.3 is 18.9 Å². The quantitative estimate of drug-likeness (QED) is 0.273. The van der Waals surface area contributed by atoms with Crippen LogP contribution in [-0.4, -0.2) is 44.1 Å². The molecule has 0 aliphatic carbocycles. The summed E-state index contributed by atoms with van der Waals surface area (Å²) in [6.45, 7) is 6.01. The number of carbonyl (C=O) groups is 1. The van der Waals surface area contributed by atoms with Gasteiger partial charge in [-0.3, -0.25) is 9.36 Å². The van der Waals surface area contributed by atoms with Crippen LogP contribution in [0.1, 0.15) is 37.9 Å². The number of para-hydroxylation sites is 1. The number of nitrogens with zero attached hydrogens (tertiary/aromatic N) is 2. The van der Waals surface area contributed by atoms with E-state index in [1.807, 2.05) is 56.3 Å². The first-order valence-electron chi connectivity index (χ1n) is 12.0. The van der Waals surface area contributed by atoms with Crippen LogP contribution in [0.25, 0.3) is 6.08 Å². The fourth-order valence-electron chi connectivity index (χ4n) is 4.17. The smallest absolute Gasteiger partial charge is 0.338 e. The summed E-state index contributed by atoms with van der Waals surface area (Å²) in [7, 11) is 3.09. The third-order valence-electron chi connectivity index (χ3n) is 5.81. The maximum Gasteiger partial charge on any atom is 0.338 e. The van der Waals surface area contributed by atoms with E-state index in [0.717, 1.165) is 15.8 Å². The average Bonchev–Trinajstić information content (AvgIpc) is 3.18. The number of hydrogen-bond acceptors (Lipinski definition) is 8. The van der Waals surface area contributed by atoms with Crippen molar-refractivity contribution in [2.24, 2.45) is 4.99 Å². The van der Waals surface area contributed by atoms with Crippen LogP contribution in [0.5, 0.6) is 11.5 Å². The number of allylic oxidation sites excluding steroid dienone is 1. The molecule has 1 unspecified atom stereocenters. The van der Waals surface area contributed by atoms with Crippen molar-refractivity contribution in [3.63, 3.8) is 0 Å². The van der Waals surface area contributed by atoms with Crippen molar-refractivity contribution < 1.29 is 23.7 Å². The Balaban J connectivity index is 1.87. The van der Waals surface area contributed by atoms with Gasteiger partial charge in [-0.05, 0) is 66.5 Å². The van der Waals surface area contributed by atoms with Crippen LogP contribution in [0, 0.1) is 0 Å². The van der Waals surface area contributed by atoms with Crippen molar-refractivity contribution in [1.82, 2.24) is 4.57 Å². The molecule has 1 aromatic heterocycles. The Labute approximate surface area is 233 Å². The number of benzene rings is 2. The second-order valence-corrected chi connectivity index (χ2v) is 10.7. The van der Waals surface area contributed by atoms with Gasteiger partial charge in [0.15, 0.2) is 4.80 Å². The number of methoxy groups -OCH3 is 2. The molecule has 1 aliphatic rings. The highest BCUT2D eigenvalue weighted by Crippen LogP contribution is 2.35. The second kappa shape index (κ2) is 12.1. The number of rotatable bonds is 9. The summed E-state index contributed by atoms with van der Waals surface area (Å²) in [5.74, 6) is 0.717. The van der Waals surface area contributed by atoms with Gasteiger partial charge in [-0.25, -0.2) is 9.79 Å². The van der Waals surface area contributed by atoms with Crippen LogP contribution in [0.4, 0.5) is 0 Å². The molecule has 0 saturated carbocycles. The second-order valence-electron chi connectivity index (χ2n) is 8.81. The minimum Gasteiger partial charge on any atom is -0.496 e. The van der Waals surface area contributed by atoms with E-state index in [2.05, 4.69) is 20.9 Å². The summed E-state index contributed by atoms with van der Waals surface area (Å²) in [6, 6.07) is 12.2. The van der Waals surface area contributed by atoms with Gasteiger partial charge in [-0.2, -0.15) is 0 Å². The zero-order valence-corrected chi connectivity index (χ0v) is 24.2. The van der Waals surface area contributed by atoms with E-state index in [1.54, 1.807) is 24.7 Å². The Morgan fingerprint density at radius 2 is 1.92 bits per heavy atom. The predicted molar refractivity (Wildman–Crippen MR) is 150 cm³/mol. The SMILES string of the molecule is COCCOC(=O)C1=C(C)N=c2sc(=Cc3ccc(OC(C)C)c(Br)c3)c(=O)n2C1c1ccccc1OC. The number of ether oxygens (including phenoxy) is 4. The minimum atomic E-state index is -0.770. The normalized spacial score (nSPS) is 15.3. The maximum absolute atomic E-state index is 13.8. The van der Waals surface area contributed by atoms with Gasteiger partial charge in [-0.15, -0.1) is 0 Å². The van der Waals surface area contributed by atoms with E-state index in [9.17, 15) is 9.59 Å². The maximum atomic E-state index is 13.8. The Morgan fingerprint density at radius 3 is 2.61 bits per heavy atom. The fourth-order valence-corrected chi connectivity index (χ4v) is 5.71. The van der Waals surface area contributed by atoms with E-state index in [-0.39, 0.29) is 30.5 Å². The number of carbonyl (C=O) groups excluding carboxylic acids is 1. The first kappa shape index (κ1) is 27.8. The first-order chi connectivity index (χ1) is 18.2. The van der Waals surface area contributed by atoms with Gasteiger partial charge in [0, 0.05) is 12.7 Å². The highest BCUT2D eigenvalue weighted by molar-refractivity contribution is 9.10. The van der Waals surface area contributed by atoms with Gasteiger partial charge in [0.2, 0.25) is 0 Å². The molecule has 38 heavy (non-hydrogen) atoms. The van der Waals surface area contributed by atoms with Gasteiger partial charge in [-0.1, -0.05) is 35.6 Å². The number of halogens is 1. The molecule has 1 aliphatic heterocycles. The Hall–Kier alpha value is -3.21. The largest absolute Gasteiger partial charge is 0.496 e. The van der Waals surface area contributed by atoms with Crippen LogP contribution >= 0.6 is 27.3 Å². The number of esters is 1. The number of thiazole rings is 1. The topological polar surface area (TPSA) is 88.4 Å². The molecule has 4 rings (SSSR count). The molecular formula is C28H29BrN2O6S. The molecule has 0 fully saturated rings. The minimum absolute atomic E-state index is 0.0365. The van der Waals surface area contributed by atoms with E-state index >= 15 is 0 Å². The summed E-state index contributed by atoms with van der Waals surface area (Å²) < 4.78 is 24.7. The zero-order valence-electron chi connectivity index (χ0n) is 21.8. The summed E-state index contributed by atoms with van der Waals surface area (Å²) in [5, 5.41) is 0. The van der Waals surface area contributed by atoms with Crippen molar-refractivity contribution in [2.45, 2.75) is 32.9 Å². The molecule has 0 amide bonds. The zero-order chi connectivity index (χ0) is 27.4. The third-order valence-corrected chi connectivity index (χ3v) is 7.41. The van der Waals surface area contributed by atoms with E-state index in [4.69, 9.17) is 18.9 Å². The predicted octanol–water partition coefficient (Wildman–Crippen LogP) is 3.98. The van der Waals surface area contributed by atoms with Crippen LogP contribution in [0.3, 0.4) is 0 Å². The Kier molecular flexibility index (Phi) is 8.86. The van der Waals surface area contributed by atoms with E-state index in [0.29, 0.717) is 26.3 Å². The molecule has 10 heteroatoms. The molecule has 0 radical (unpaired) electrons. The molecule has 8 nitrogen and oxygen atoms in total. The highest BCUT2D eigenvalue weighted by Gasteiger charge is 2.35. The van der Waals surface area contributed by atoms with Gasteiger partial charge in [0.05, 0.1) is 40.1 Å².